The second kappa shape index (κ2) is 7.13. The molecule has 0 aliphatic carbocycles. The molecule has 0 radical (unpaired) electrons. The van der Waals surface area contributed by atoms with Crippen LogP contribution in [0.25, 0.3) is 0 Å². The minimum atomic E-state index is -0.783. The summed E-state index contributed by atoms with van der Waals surface area (Å²) in [5.41, 5.74) is 0.405. The molecule has 3 heterocycles. The van der Waals surface area contributed by atoms with Crippen molar-refractivity contribution in [3.8, 4) is 0 Å². The van der Waals surface area contributed by atoms with E-state index in [0.29, 0.717) is 25.1 Å². The van der Waals surface area contributed by atoms with Crippen LogP contribution in [0.3, 0.4) is 0 Å². The first-order valence-corrected chi connectivity index (χ1v) is 10.4. The van der Waals surface area contributed by atoms with Gasteiger partial charge >= 0.3 is 0 Å². The monoisotopic (exact) mass is 398 g/mol. The van der Waals surface area contributed by atoms with E-state index in [1.165, 1.54) is 0 Å². The minimum absolute atomic E-state index is 0.0287. The molecular weight excluding hydrogens is 368 g/mol. The lowest BCUT2D eigenvalue weighted by Gasteiger charge is -2.39. The topological polar surface area (TPSA) is 90.5 Å². The highest BCUT2D eigenvalue weighted by Gasteiger charge is 2.55. The smallest absolute Gasteiger partial charge is 0.252 e. The van der Waals surface area contributed by atoms with Gasteiger partial charge in [0.15, 0.2) is 0 Å². The number of nitrogens with zero attached hydrogens (tertiary/aromatic N) is 1. The van der Waals surface area contributed by atoms with Crippen molar-refractivity contribution in [3.63, 3.8) is 0 Å². The van der Waals surface area contributed by atoms with Gasteiger partial charge in [0, 0.05) is 24.2 Å². The summed E-state index contributed by atoms with van der Waals surface area (Å²) in [5, 5.41) is 9.43. The van der Waals surface area contributed by atoms with E-state index in [0.717, 1.165) is 24.9 Å². The van der Waals surface area contributed by atoms with Crippen LogP contribution in [0.4, 0.5) is 0 Å². The number of hydrogen-bond acceptors (Lipinski definition) is 4. The summed E-state index contributed by atoms with van der Waals surface area (Å²) in [5.74, 6) is -0.758. The van der Waals surface area contributed by atoms with Gasteiger partial charge in [0.05, 0.1) is 17.5 Å². The predicted octanol–water partition coefficient (Wildman–Crippen LogP) is 0.836. The molecule has 4 rings (SSSR count). The Balaban J connectivity index is 1.66. The molecule has 29 heavy (non-hydrogen) atoms. The molecule has 0 aromatic heterocycles. The van der Waals surface area contributed by atoms with Gasteiger partial charge in [0.1, 0.15) is 0 Å². The number of likely N-dealkylation sites (tertiary alicyclic amines) is 1. The second-order valence-corrected chi connectivity index (χ2v) is 9.60. The fourth-order valence-electron chi connectivity index (χ4n) is 4.86. The van der Waals surface area contributed by atoms with Crippen molar-refractivity contribution in [3.05, 3.63) is 35.4 Å². The van der Waals surface area contributed by atoms with Gasteiger partial charge < -0.3 is 20.9 Å². The third-order valence-electron chi connectivity index (χ3n) is 6.16. The highest BCUT2D eigenvalue weighted by molar-refractivity contribution is 5.99. The van der Waals surface area contributed by atoms with E-state index in [9.17, 15) is 14.4 Å². The van der Waals surface area contributed by atoms with Crippen LogP contribution in [0.5, 0.6) is 0 Å². The largest absolute Gasteiger partial charge is 0.351 e. The van der Waals surface area contributed by atoms with E-state index in [1.807, 2.05) is 45.0 Å². The molecule has 2 saturated heterocycles. The zero-order chi connectivity index (χ0) is 20.8. The zero-order valence-corrected chi connectivity index (χ0v) is 17.4. The van der Waals surface area contributed by atoms with E-state index < -0.39 is 11.5 Å². The van der Waals surface area contributed by atoms with Gasteiger partial charge in [-0.2, -0.15) is 0 Å². The molecule has 7 heteroatoms. The average molecular weight is 399 g/mol. The molecule has 1 unspecified atom stereocenters. The van der Waals surface area contributed by atoms with E-state index in [1.54, 1.807) is 4.90 Å². The van der Waals surface area contributed by atoms with E-state index in [2.05, 4.69) is 16.0 Å². The quantitative estimate of drug-likeness (QED) is 0.689. The Hall–Kier alpha value is -2.41. The van der Waals surface area contributed by atoms with Crippen molar-refractivity contribution in [1.29, 1.82) is 0 Å². The minimum Gasteiger partial charge on any atom is -0.351 e. The Morgan fingerprint density at radius 3 is 2.69 bits per heavy atom. The molecule has 3 aliphatic heterocycles. The molecule has 156 valence electrons. The Morgan fingerprint density at radius 2 is 2.00 bits per heavy atom. The van der Waals surface area contributed by atoms with E-state index >= 15 is 0 Å². The summed E-state index contributed by atoms with van der Waals surface area (Å²) < 4.78 is 0. The molecule has 3 atom stereocenters. The van der Waals surface area contributed by atoms with E-state index in [4.69, 9.17) is 0 Å². The van der Waals surface area contributed by atoms with Crippen LogP contribution in [0.15, 0.2) is 24.3 Å². The summed E-state index contributed by atoms with van der Waals surface area (Å²) in [6, 6.07) is 7.31. The molecule has 0 bridgehead atoms. The third kappa shape index (κ3) is 3.75. The van der Waals surface area contributed by atoms with Crippen LogP contribution in [-0.2, 0) is 16.0 Å². The van der Waals surface area contributed by atoms with Gasteiger partial charge in [-0.3, -0.25) is 14.4 Å². The fourth-order valence-corrected chi connectivity index (χ4v) is 4.86. The standard InChI is InChI=1S/C22H30N4O3/c1-21(2,3)24-19(28)16-12-26(20(29)17-9-6-10-23-17)13-22(16)11-14-7-4-5-8-15(14)18(27)25-22/h4-5,7-8,16-17,23H,6,9-13H2,1-3H3,(H,24,28)(H,25,27)/t16-,17?,22+/m0/s1. The molecule has 1 spiro atoms. The van der Waals surface area contributed by atoms with Crippen LogP contribution in [0.1, 0.15) is 49.5 Å². The van der Waals surface area contributed by atoms with Crippen LogP contribution < -0.4 is 16.0 Å². The van der Waals surface area contributed by atoms with Crippen LogP contribution >= 0.6 is 0 Å². The number of hydrogen-bond donors (Lipinski definition) is 3. The number of nitrogens with one attached hydrogen (secondary N) is 3. The van der Waals surface area contributed by atoms with Gasteiger partial charge in [-0.1, -0.05) is 18.2 Å². The van der Waals surface area contributed by atoms with Crippen LogP contribution in [0, 0.1) is 5.92 Å². The number of rotatable bonds is 2. The number of amides is 3. The molecule has 3 N–H and O–H groups in total. The van der Waals surface area contributed by atoms with Gasteiger partial charge in [-0.15, -0.1) is 0 Å². The number of carbonyl (C=O) groups excluding carboxylic acids is 3. The van der Waals surface area contributed by atoms with Gasteiger partial charge in [0.25, 0.3) is 5.91 Å². The Kier molecular flexibility index (Phi) is 4.89. The number of carbonyl (C=O) groups is 3. The third-order valence-corrected chi connectivity index (χ3v) is 6.16. The van der Waals surface area contributed by atoms with Crippen molar-refractivity contribution in [1.82, 2.24) is 20.9 Å². The van der Waals surface area contributed by atoms with Crippen molar-refractivity contribution in [2.45, 2.75) is 57.2 Å². The lowest BCUT2D eigenvalue weighted by Crippen LogP contribution is -2.62. The van der Waals surface area contributed by atoms with Crippen molar-refractivity contribution >= 4 is 17.7 Å². The Bertz CT molecular complexity index is 841. The van der Waals surface area contributed by atoms with Gasteiger partial charge in [0.2, 0.25) is 11.8 Å². The molecule has 3 aliphatic rings. The molecular formula is C22H30N4O3. The predicted molar refractivity (Wildman–Crippen MR) is 109 cm³/mol. The Morgan fingerprint density at radius 1 is 1.24 bits per heavy atom. The lowest BCUT2D eigenvalue weighted by molar-refractivity contribution is -0.132. The number of fused-ring (bicyclic) bond motifs is 1. The summed E-state index contributed by atoms with van der Waals surface area (Å²) in [6.45, 7) is 7.33. The summed E-state index contributed by atoms with van der Waals surface area (Å²) in [7, 11) is 0. The SMILES string of the molecule is CC(C)(C)NC(=O)[C@@H]1CN(C(=O)C2CCCN2)C[C@]12Cc1ccccc1C(=O)N2. The maximum atomic E-state index is 13.2. The first-order valence-electron chi connectivity index (χ1n) is 10.4. The van der Waals surface area contributed by atoms with Crippen molar-refractivity contribution < 1.29 is 14.4 Å². The van der Waals surface area contributed by atoms with Crippen molar-refractivity contribution in [2.75, 3.05) is 19.6 Å². The van der Waals surface area contributed by atoms with Gasteiger partial charge in [-0.05, 0) is 58.2 Å². The summed E-state index contributed by atoms with van der Waals surface area (Å²) in [6.07, 6.45) is 2.34. The highest BCUT2D eigenvalue weighted by atomic mass is 16.2. The lowest BCUT2D eigenvalue weighted by atomic mass is 9.76. The first kappa shape index (κ1) is 19.9. The first-order chi connectivity index (χ1) is 13.7. The zero-order valence-electron chi connectivity index (χ0n) is 17.4. The van der Waals surface area contributed by atoms with E-state index in [-0.39, 0.29) is 29.3 Å². The molecule has 1 aromatic carbocycles. The molecule has 3 amide bonds. The van der Waals surface area contributed by atoms with Gasteiger partial charge in [-0.25, -0.2) is 0 Å². The van der Waals surface area contributed by atoms with Crippen LogP contribution in [0.2, 0.25) is 0 Å². The van der Waals surface area contributed by atoms with Crippen molar-refractivity contribution in [2.24, 2.45) is 5.92 Å². The molecule has 1 aromatic rings. The maximum absolute atomic E-state index is 13.2. The molecule has 2 fully saturated rings. The summed E-state index contributed by atoms with van der Waals surface area (Å²) in [4.78, 5) is 40.9. The molecule has 0 saturated carbocycles. The second-order valence-electron chi connectivity index (χ2n) is 9.60. The fraction of sp³-hybridized carbons (Fsp3) is 0.591. The molecule has 7 nitrogen and oxygen atoms in total. The average Bonchev–Trinajstić information content (AvgIpc) is 3.28. The highest BCUT2D eigenvalue weighted by Crippen LogP contribution is 2.36. The Labute approximate surface area is 171 Å². The maximum Gasteiger partial charge on any atom is 0.252 e. The summed E-state index contributed by atoms with van der Waals surface area (Å²) >= 11 is 0. The normalized spacial score (nSPS) is 28.9. The number of benzene rings is 1. The van der Waals surface area contributed by atoms with Crippen LogP contribution in [-0.4, -0.2) is 59.4 Å².